The monoisotopic (exact) mass is 461 g/mol. The molecular weight excluding hydrogens is 438 g/mol. The quantitative estimate of drug-likeness (QED) is 0.330. The molecule has 0 saturated carbocycles. The molecule has 168 valence electrons. The van der Waals surface area contributed by atoms with Crippen LogP contribution in [-0.2, 0) is 17.8 Å². The molecule has 0 aliphatic rings. The highest BCUT2D eigenvalue weighted by Gasteiger charge is 2.19. The molecule has 1 N–H and O–H groups in total. The molecule has 2 aromatic heterocycles. The molecular formula is C26H24ClN3O3. The number of carboxylic acid groups (broad SMARTS) is 1. The highest BCUT2D eigenvalue weighted by Crippen LogP contribution is 2.35. The highest BCUT2D eigenvalue weighted by atomic mass is 35.5. The van der Waals surface area contributed by atoms with Gasteiger partial charge in [-0.3, -0.25) is 0 Å². The first kappa shape index (κ1) is 21.5. The van der Waals surface area contributed by atoms with Crippen LogP contribution < -0.4 is 0 Å². The SMILES string of the molecule is CCn1c2ccc(Cl)cc2c2cc(-c3nc4c(C)c(C(=O)O)ccc4n3CCOC)ccc21. The lowest BCUT2D eigenvalue weighted by Gasteiger charge is -2.10. The number of ether oxygens (including phenoxy) is 1. The Balaban J connectivity index is 1.79. The molecule has 0 bridgehead atoms. The maximum atomic E-state index is 11.7. The predicted octanol–water partition coefficient (Wildman–Crippen LogP) is 6.14. The second-order valence-corrected chi connectivity index (χ2v) is 8.56. The van der Waals surface area contributed by atoms with Gasteiger partial charge in [-0.05, 0) is 67.9 Å². The molecule has 0 aliphatic carbocycles. The third-order valence-corrected chi connectivity index (χ3v) is 6.56. The Hall–Kier alpha value is -3.35. The van der Waals surface area contributed by atoms with Gasteiger partial charge in [0.25, 0.3) is 0 Å². The van der Waals surface area contributed by atoms with E-state index in [1.54, 1.807) is 13.2 Å². The molecule has 5 aromatic rings. The number of rotatable bonds is 6. The van der Waals surface area contributed by atoms with Crippen molar-refractivity contribution in [3.63, 3.8) is 0 Å². The second kappa shape index (κ2) is 8.21. The molecule has 0 amide bonds. The number of carbonyl (C=O) groups is 1. The molecule has 5 rings (SSSR count). The van der Waals surface area contributed by atoms with E-state index < -0.39 is 5.97 Å². The molecule has 7 heteroatoms. The molecule has 3 aromatic carbocycles. The van der Waals surface area contributed by atoms with Crippen molar-refractivity contribution in [3.05, 3.63) is 64.7 Å². The minimum atomic E-state index is -0.951. The van der Waals surface area contributed by atoms with Crippen molar-refractivity contribution in [1.29, 1.82) is 0 Å². The van der Waals surface area contributed by atoms with E-state index in [-0.39, 0.29) is 5.56 Å². The lowest BCUT2D eigenvalue weighted by atomic mass is 10.1. The number of imidazole rings is 1. The predicted molar refractivity (Wildman–Crippen MR) is 132 cm³/mol. The fourth-order valence-electron chi connectivity index (χ4n) is 4.74. The van der Waals surface area contributed by atoms with Crippen molar-refractivity contribution in [3.8, 4) is 11.4 Å². The number of aromatic nitrogens is 3. The minimum absolute atomic E-state index is 0.265. The summed E-state index contributed by atoms with van der Waals surface area (Å²) < 4.78 is 9.73. The van der Waals surface area contributed by atoms with Gasteiger partial charge in [-0.1, -0.05) is 11.6 Å². The van der Waals surface area contributed by atoms with Gasteiger partial charge in [0.15, 0.2) is 0 Å². The van der Waals surface area contributed by atoms with Crippen LogP contribution in [0.3, 0.4) is 0 Å². The number of hydrogen-bond donors (Lipinski definition) is 1. The Bertz CT molecular complexity index is 1550. The van der Waals surface area contributed by atoms with E-state index in [1.165, 1.54) is 0 Å². The van der Waals surface area contributed by atoms with Crippen LogP contribution in [0, 0.1) is 6.92 Å². The largest absolute Gasteiger partial charge is 0.478 e. The summed E-state index contributed by atoms with van der Waals surface area (Å²) in [5.41, 5.74) is 5.76. The number of fused-ring (bicyclic) bond motifs is 4. The Morgan fingerprint density at radius 1 is 1.03 bits per heavy atom. The van der Waals surface area contributed by atoms with Gasteiger partial charge in [0, 0.05) is 52.6 Å². The number of aromatic carboxylic acids is 1. The molecule has 0 aliphatic heterocycles. The van der Waals surface area contributed by atoms with E-state index in [0.717, 1.165) is 45.3 Å². The number of nitrogens with zero attached hydrogens (tertiary/aromatic N) is 3. The van der Waals surface area contributed by atoms with Gasteiger partial charge >= 0.3 is 5.97 Å². The van der Waals surface area contributed by atoms with Crippen LogP contribution in [-0.4, -0.2) is 38.9 Å². The molecule has 2 heterocycles. The van der Waals surface area contributed by atoms with Crippen molar-refractivity contribution in [2.45, 2.75) is 26.9 Å². The number of carboxylic acids is 1. The van der Waals surface area contributed by atoms with Crippen molar-refractivity contribution in [2.24, 2.45) is 0 Å². The van der Waals surface area contributed by atoms with Crippen LogP contribution in [0.4, 0.5) is 0 Å². The first-order chi connectivity index (χ1) is 15.9. The maximum absolute atomic E-state index is 11.7. The zero-order valence-electron chi connectivity index (χ0n) is 18.7. The zero-order chi connectivity index (χ0) is 23.3. The molecule has 0 unspecified atom stereocenters. The van der Waals surface area contributed by atoms with Gasteiger partial charge in [-0.25, -0.2) is 9.78 Å². The van der Waals surface area contributed by atoms with E-state index in [9.17, 15) is 9.90 Å². The van der Waals surface area contributed by atoms with E-state index >= 15 is 0 Å². The molecule has 0 radical (unpaired) electrons. The Morgan fingerprint density at radius 3 is 2.42 bits per heavy atom. The van der Waals surface area contributed by atoms with Crippen LogP contribution in [0.2, 0.25) is 5.02 Å². The first-order valence-corrected chi connectivity index (χ1v) is 11.3. The zero-order valence-corrected chi connectivity index (χ0v) is 19.5. The topological polar surface area (TPSA) is 69.3 Å². The van der Waals surface area contributed by atoms with E-state index in [0.29, 0.717) is 29.3 Å². The van der Waals surface area contributed by atoms with Crippen LogP contribution in [0.15, 0.2) is 48.5 Å². The summed E-state index contributed by atoms with van der Waals surface area (Å²) >= 11 is 6.33. The standard InChI is InChI=1S/C26H24ClN3O3/c1-4-29-21-8-5-16(13-19(21)20-14-17(27)6-9-22(20)29)25-28-24-15(2)18(26(31)32)7-10-23(24)30(25)11-12-33-3/h5-10,13-14H,4,11-12H2,1-3H3,(H,31,32). The summed E-state index contributed by atoms with van der Waals surface area (Å²) in [7, 11) is 1.67. The molecule has 6 nitrogen and oxygen atoms in total. The molecule has 33 heavy (non-hydrogen) atoms. The van der Waals surface area contributed by atoms with E-state index in [2.05, 4.69) is 40.3 Å². The minimum Gasteiger partial charge on any atom is -0.478 e. The summed E-state index contributed by atoms with van der Waals surface area (Å²) in [5.74, 6) is -0.165. The van der Waals surface area contributed by atoms with Crippen LogP contribution >= 0.6 is 11.6 Å². The normalized spacial score (nSPS) is 11.8. The molecule has 0 saturated heterocycles. The Kier molecular flexibility index (Phi) is 5.35. The van der Waals surface area contributed by atoms with E-state index in [1.807, 2.05) is 25.1 Å². The maximum Gasteiger partial charge on any atom is 0.336 e. The molecule has 0 atom stereocenters. The fraction of sp³-hybridized carbons (Fsp3) is 0.231. The van der Waals surface area contributed by atoms with Crippen molar-refractivity contribution < 1.29 is 14.6 Å². The fourth-order valence-corrected chi connectivity index (χ4v) is 4.91. The molecule has 0 spiro atoms. The smallest absolute Gasteiger partial charge is 0.336 e. The van der Waals surface area contributed by atoms with Crippen LogP contribution in [0.25, 0.3) is 44.2 Å². The second-order valence-electron chi connectivity index (χ2n) is 8.13. The molecule has 0 fully saturated rings. The third kappa shape index (κ3) is 3.37. The number of benzene rings is 3. The Labute approximate surface area is 196 Å². The van der Waals surface area contributed by atoms with E-state index in [4.69, 9.17) is 21.3 Å². The lowest BCUT2D eigenvalue weighted by molar-refractivity contribution is 0.0696. The Morgan fingerprint density at radius 2 is 1.73 bits per heavy atom. The van der Waals surface area contributed by atoms with Gasteiger partial charge in [-0.2, -0.15) is 0 Å². The van der Waals surface area contributed by atoms with Crippen molar-refractivity contribution in [1.82, 2.24) is 14.1 Å². The first-order valence-electron chi connectivity index (χ1n) is 10.9. The van der Waals surface area contributed by atoms with Gasteiger partial charge in [0.2, 0.25) is 0 Å². The summed E-state index contributed by atoms with van der Waals surface area (Å²) in [6.07, 6.45) is 0. The van der Waals surface area contributed by atoms with Crippen LogP contribution in [0.5, 0.6) is 0 Å². The van der Waals surface area contributed by atoms with Crippen molar-refractivity contribution >= 4 is 50.4 Å². The summed E-state index contributed by atoms with van der Waals surface area (Å²) in [6.45, 7) is 5.92. The van der Waals surface area contributed by atoms with Crippen molar-refractivity contribution in [2.75, 3.05) is 13.7 Å². The number of methoxy groups -OCH3 is 1. The van der Waals surface area contributed by atoms with Gasteiger partial charge < -0.3 is 19.0 Å². The van der Waals surface area contributed by atoms with Crippen LogP contribution in [0.1, 0.15) is 22.8 Å². The highest BCUT2D eigenvalue weighted by molar-refractivity contribution is 6.32. The summed E-state index contributed by atoms with van der Waals surface area (Å²) in [6, 6.07) is 15.8. The summed E-state index contributed by atoms with van der Waals surface area (Å²) in [5, 5.41) is 12.5. The average Bonchev–Trinajstić information content (AvgIpc) is 3.33. The third-order valence-electron chi connectivity index (χ3n) is 6.32. The van der Waals surface area contributed by atoms with Gasteiger partial charge in [0.1, 0.15) is 5.82 Å². The number of aryl methyl sites for hydroxylation is 2. The number of hydrogen-bond acceptors (Lipinski definition) is 3. The number of halogens is 1. The average molecular weight is 462 g/mol. The summed E-state index contributed by atoms with van der Waals surface area (Å²) in [4.78, 5) is 16.6. The van der Waals surface area contributed by atoms with Gasteiger partial charge in [0.05, 0.1) is 23.2 Å². The van der Waals surface area contributed by atoms with Gasteiger partial charge in [-0.15, -0.1) is 0 Å². The lowest BCUT2D eigenvalue weighted by Crippen LogP contribution is -2.06.